The Morgan fingerprint density at radius 2 is 1.76 bits per heavy atom. The van der Waals surface area contributed by atoms with Crippen LogP contribution < -0.4 is 10.6 Å². The molecule has 0 aliphatic carbocycles. The zero-order valence-electron chi connectivity index (χ0n) is 11.7. The zero-order chi connectivity index (χ0) is 13.9. The predicted molar refractivity (Wildman–Crippen MR) is 95.2 cm³/mol. The Hall–Kier alpha value is 0.294. The number of rotatable bonds is 2. The maximum Gasteiger partial charge on any atom is 0.0355 e. The Labute approximate surface area is 157 Å². The quantitative estimate of drug-likeness (QED) is 0.441. The van der Waals surface area contributed by atoms with Crippen molar-refractivity contribution in [2.75, 3.05) is 11.9 Å². The molecule has 3 rings (SSSR count). The SMILES string of the molecule is [CH2-]C1CNc2ccccc2C1[S-](=P)=Pc1ccccc1.[Y]. The van der Waals surface area contributed by atoms with Crippen LogP contribution in [0, 0.1) is 12.8 Å². The zero-order valence-corrected chi connectivity index (χ0v) is 17.2. The molecule has 2 unspecified atom stereocenters. The van der Waals surface area contributed by atoms with Crippen molar-refractivity contribution < 1.29 is 32.7 Å². The van der Waals surface area contributed by atoms with E-state index >= 15 is 0 Å². The minimum Gasteiger partial charge on any atom is -0.415 e. The largest absolute Gasteiger partial charge is 0.415 e. The first-order valence-electron chi connectivity index (χ1n) is 6.63. The van der Waals surface area contributed by atoms with Crippen LogP contribution in [0.1, 0.15) is 10.8 Å². The first-order chi connectivity index (χ1) is 9.75. The Morgan fingerprint density at radius 1 is 1.10 bits per heavy atom. The van der Waals surface area contributed by atoms with E-state index in [2.05, 4.69) is 74.9 Å². The molecule has 0 bridgehead atoms. The molecule has 0 amide bonds. The molecule has 0 saturated carbocycles. The number of nitrogens with one attached hydrogen (secondary N) is 1. The van der Waals surface area contributed by atoms with Gasteiger partial charge in [-0.15, -0.1) is 5.25 Å². The third-order valence-electron chi connectivity index (χ3n) is 3.45. The van der Waals surface area contributed by atoms with Crippen molar-refractivity contribution in [1.82, 2.24) is 0 Å². The van der Waals surface area contributed by atoms with Gasteiger partial charge in [0.2, 0.25) is 0 Å². The molecule has 107 valence electrons. The van der Waals surface area contributed by atoms with Gasteiger partial charge in [0.25, 0.3) is 0 Å². The van der Waals surface area contributed by atoms with Gasteiger partial charge in [0.05, 0.1) is 0 Å². The third kappa shape index (κ3) is 4.18. The van der Waals surface area contributed by atoms with Crippen molar-refractivity contribution in [2.24, 2.45) is 5.92 Å². The predicted octanol–water partition coefficient (Wildman–Crippen LogP) is 4.46. The average molecular weight is 406 g/mol. The van der Waals surface area contributed by atoms with E-state index in [9.17, 15) is 0 Å². The fourth-order valence-electron chi connectivity index (χ4n) is 2.47. The molecular weight excluding hydrogens is 389 g/mol. The van der Waals surface area contributed by atoms with Gasteiger partial charge in [0.1, 0.15) is 0 Å². The van der Waals surface area contributed by atoms with Gasteiger partial charge in [-0.3, -0.25) is 8.02 Å². The second kappa shape index (κ2) is 8.23. The topological polar surface area (TPSA) is 12.0 Å². The molecule has 2 aromatic rings. The van der Waals surface area contributed by atoms with Gasteiger partial charge in [-0.2, -0.15) is 5.92 Å². The molecule has 1 radical (unpaired) electrons. The van der Waals surface area contributed by atoms with E-state index in [1.807, 2.05) is 0 Å². The number of hydrogen-bond acceptors (Lipinski definition) is 2. The van der Waals surface area contributed by atoms with Gasteiger partial charge in [-0.1, -0.05) is 48.5 Å². The summed E-state index contributed by atoms with van der Waals surface area (Å²) in [6, 6.07) is 19.2. The van der Waals surface area contributed by atoms with Crippen molar-refractivity contribution in [2.45, 2.75) is 5.25 Å². The van der Waals surface area contributed by atoms with Crippen molar-refractivity contribution in [1.29, 1.82) is 0 Å². The van der Waals surface area contributed by atoms with Crippen LogP contribution in [0.5, 0.6) is 0 Å². The Balaban J connectivity index is 0.00000161. The summed E-state index contributed by atoms with van der Waals surface area (Å²) in [5, 5.41) is 5.30. The fourth-order valence-corrected chi connectivity index (χ4v) is 8.16. The summed E-state index contributed by atoms with van der Waals surface area (Å²) in [7, 11) is 5.40. The molecule has 5 heteroatoms. The van der Waals surface area contributed by atoms with Gasteiger partial charge >= 0.3 is 0 Å². The van der Waals surface area contributed by atoms with E-state index in [0.29, 0.717) is 11.2 Å². The molecule has 1 heterocycles. The summed E-state index contributed by atoms with van der Waals surface area (Å²) < 4.78 is 0. The van der Waals surface area contributed by atoms with Gasteiger partial charge < -0.3 is 21.5 Å². The van der Waals surface area contributed by atoms with Gasteiger partial charge in [0.15, 0.2) is 0 Å². The minimum atomic E-state index is 0. The molecule has 1 N–H and O–H groups in total. The smallest absolute Gasteiger partial charge is 0.0355 e. The molecule has 1 aliphatic rings. The second-order valence-corrected chi connectivity index (χ2v) is 10.8. The summed E-state index contributed by atoms with van der Waals surface area (Å²) in [6.45, 7) is 5.29. The Morgan fingerprint density at radius 3 is 2.52 bits per heavy atom. The molecule has 0 aromatic heterocycles. The first-order valence-corrected chi connectivity index (χ1v) is 10.6. The van der Waals surface area contributed by atoms with Crippen LogP contribution in [0.4, 0.5) is 5.69 Å². The van der Waals surface area contributed by atoms with Crippen molar-refractivity contribution in [3.05, 3.63) is 67.1 Å². The summed E-state index contributed by atoms with van der Waals surface area (Å²) in [6.07, 6.45) is 0. The normalized spacial score (nSPS) is 21.8. The molecule has 2 aromatic carbocycles. The second-order valence-electron chi connectivity index (χ2n) is 4.89. The van der Waals surface area contributed by atoms with Crippen LogP contribution in [0.3, 0.4) is 0 Å². The molecule has 2 atom stereocenters. The molecule has 21 heavy (non-hydrogen) atoms. The monoisotopic (exact) mass is 406 g/mol. The van der Waals surface area contributed by atoms with Gasteiger partial charge in [0, 0.05) is 38.4 Å². The van der Waals surface area contributed by atoms with E-state index in [4.69, 9.17) is 0 Å². The van der Waals surface area contributed by atoms with E-state index in [1.54, 1.807) is 0 Å². The fraction of sp³-hybridized carbons (Fsp3) is 0.188. The molecule has 1 nitrogen and oxygen atoms in total. The van der Waals surface area contributed by atoms with E-state index in [-0.39, 0.29) is 42.0 Å². The van der Waals surface area contributed by atoms with Crippen LogP contribution in [0.25, 0.3) is 0 Å². The molecule has 0 spiro atoms. The summed E-state index contributed by atoms with van der Waals surface area (Å²) in [5.41, 5.74) is 2.65. The molecule has 1 aliphatic heterocycles. The van der Waals surface area contributed by atoms with Crippen LogP contribution in [-0.4, -0.2) is 6.54 Å². The van der Waals surface area contributed by atoms with E-state index in [0.717, 1.165) is 6.54 Å². The summed E-state index contributed by atoms with van der Waals surface area (Å²) in [4.78, 5) is 0. The first kappa shape index (κ1) is 17.6. The van der Waals surface area contributed by atoms with Crippen LogP contribution >= 0.6 is 15.4 Å². The number of anilines is 1. The van der Waals surface area contributed by atoms with Gasteiger partial charge in [-0.25, -0.2) is 7.36 Å². The van der Waals surface area contributed by atoms with Crippen LogP contribution in [0.2, 0.25) is 0 Å². The van der Waals surface area contributed by atoms with Crippen molar-refractivity contribution in [3.8, 4) is 0 Å². The third-order valence-corrected chi connectivity index (χ3v) is 8.76. The Kier molecular flexibility index (Phi) is 6.92. The minimum absolute atomic E-state index is 0. The number of fused-ring (bicyclic) bond motifs is 1. The molecule has 0 saturated heterocycles. The maximum atomic E-state index is 4.35. The molecule has 0 fully saturated rings. The van der Waals surface area contributed by atoms with Crippen LogP contribution in [0.15, 0.2) is 54.6 Å². The van der Waals surface area contributed by atoms with Crippen LogP contribution in [-0.2, 0) is 42.0 Å². The summed E-state index contributed by atoms with van der Waals surface area (Å²) >= 11 is 0. The summed E-state index contributed by atoms with van der Waals surface area (Å²) in [5.74, 6) is 0.391. The number of hydrogen-bond donors (Lipinski definition) is 1. The molecular formula is C16H17NP2SY-2. The van der Waals surface area contributed by atoms with Crippen molar-refractivity contribution >= 4 is 35.6 Å². The average Bonchev–Trinajstić information content (AvgIpc) is 2.48. The number of benzene rings is 2. The number of para-hydroxylation sites is 1. The standard InChI is InChI=1S/C16H17NP2S.Y/c1-12-11-17-15-10-6-5-9-14(15)16(12)20(18)19-13-7-3-2-4-8-13;/h2-10,12,16-18H,1,11H2;/q-2;. The maximum absolute atomic E-state index is 4.35. The van der Waals surface area contributed by atoms with E-state index in [1.165, 1.54) is 23.9 Å². The van der Waals surface area contributed by atoms with Gasteiger partial charge in [-0.05, 0) is 23.5 Å². The van der Waals surface area contributed by atoms with Crippen molar-refractivity contribution in [3.63, 3.8) is 0 Å². The van der Waals surface area contributed by atoms with E-state index < -0.39 is 0 Å². The Bertz CT molecular complexity index is 684.